The lowest BCUT2D eigenvalue weighted by molar-refractivity contribution is -0.384. The van der Waals surface area contributed by atoms with Gasteiger partial charge in [-0.15, -0.1) is 17.9 Å². The Kier molecular flexibility index (Phi) is 6.27. The van der Waals surface area contributed by atoms with Crippen molar-refractivity contribution in [2.24, 2.45) is 0 Å². The molecule has 0 radical (unpaired) electrons. The van der Waals surface area contributed by atoms with Gasteiger partial charge in [-0.25, -0.2) is 4.98 Å². The number of carbonyl (C=O) groups excluding carboxylic acids is 2. The van der Waals surface area contributed by atoms with Crippen LogP contribution in [0.1, 0.15) is 5.56 Å². The SMILES string of the molecule is C=CCN1C(=O)COc2ccc(-c3csc(NC(=O)/C=C/c4ccc([N+](=O)[O-])cc4)n3)cc21. The molecule has 166 valence electrons. The van der Waals surface area contributed by atoms with E-state index in [4.69, 9.17) is 4.74 Å². The highest BCUT2D eigenvalue weighted by atomic mass is 32.1. The number of rotatable bonds is 7. The van der Waals surface area contributed by atoms with Crippen LogP contribution in [0.15, 0.2) is 66.6 Å². The number of non-ortho nitro benzene ring substituents is 1. The molecule has 0 spiro atoms. The van der Waals surface area contributed by atoms with E-state index in [1.165, 1.54) is 29.5 Å². The molecule has 10 heteroatoms. The quantitative estimate of drug-likeness (QED) is 0.243. The highest BCUT2D eigenvalue weighted by Crippen LogP contribution is 2.36. The minimum absolute atomic E-state index is 0.0134. The summed E-state index contributed by atoms with van der Waals surface area (Å²) in [6.45, 7) is 4.06. The van der Waals surface area contributed by atoms with Gasteiger partial charge in [0, 0.05) is 35.7 Å². The molecule has 3 aromatic rings. The van der Waals surface area contributed by atoms with Crippen molar-refractivity contribution < 1.29 is 19.2 Å². The molecule has 0 unspecified atom stereocenters. The van der Waals surface area contributed by atoms with Crippen LogP contribution in [0.4, 0.5) is 16.5 Å². The van der Waals surface area contributed by atoms with Gasteiger partial charge in [-0.1, -0.05) is 6.08 Å². The first-order chi connectivity index (χ1) is 15.9. The molecule has 1 aromatic heterocycles. The van der Waals surface area contributed by atoms with E-state index in [1.54, 1.807) is 40.6 Å². The van der Waals surface area contributed by atoms with Gasteiger partial charge in [-0.05, 0) is 42.0 Å². The van der Waals surface area contributed by atoms with Crippen molar-refractivity contribution >= 4 is 45.7 Å². The Balaban J connectivity index is 1.46. The van der Waals surface area contributed by atoms with Crippen LogP contribution in [0.3, 0.4) is 0 Å². The summed E-state index contributed by atoms with van der Waals surface area (Å²) in [4.78, 5) is 40.7. The maximum atomic E-state index is 12.2. The molecular formula is C23H18N4O5S. The molecule has 0 saturated carbocycles. The minimum atomic E-state index is -0.481. The number of nitrogens with one attached hydrogen (secondary N) is 1. The molecule has 2 aromatic carbocycles. The van der Waals surface area contributed by atoms with Gasteiger partial charge in [0.15, 0.2) is 11.7 Å². The maximum absolute atomic E-state index is 12.2. The monoisotopic (exact) mass is 462 g/mol. The maximum Gasteiger partial charge on any atom is 0.269 e. The number of nitrogens with zero attached hydrogens (tertiary/aromatic N) is 3. The summed E-state index contributed by atoms with van der Waals surface area (Å²) in [5, 5.41) is 15.6. The average Bonchev–Trinajstić information content (AvgIpc) is 3.28. The van der Waals surface area contributed by atoms with Crippen molar-refractivity contribution in [3.63, 3.8) is 0 Å². The third kappa shape index (κ3) is 4.96. The lowest BCUT2D eigenvalue weighted by Gasteiger charge is -2.28. The van der Waals surface area contributed by atoms with Crippen molar-refractivity contribution in [3.05, 3.63) is 82.3 Å². The Morgan fingerprint density at radius 2 is 2.09 bits per heavy atom. The Morgan fingerprint density at radius 3 is 2.82 bits per heavy atom. The average molecular weight is 462 g/mol. The van der Waals surface area contributed by atoms with Crippen molar-refractivity contribution in [2.45, 2.75) is 0 Å². The Bertz CT molecular complexity index is 1270. The molecule has 33 heavy (non-hydrogen) atoms. The number of benzene rings is 2. The number of aromatic nitrogens is 1. The van der Waals surface area contributed by atoms with Gasteiger partial charge in [0.25, 0.3) is 11.6 Å². The predicted molar refractivity (Wildman–Crippen MR) is 126 cm³/mol. The number of anilines is 2. The number of carbonyl (C=O) groups is 2. The molecule has 1 N–H and O–H groups in total. The molecule has 0 aliphatic carbocycles. The standard InChI is InChI=1S/C23H18N4O5S/c1-2-11-26-19-12-16(6-9-20(19)32-13-22(26)29)18-14-33-23(24-18)25-21(28)10-5-15-3-7-17(8-4-15)27(30)31/h2-10,12,14H,1,11,13H2,(H,24,25,28)/b10-5+. The third-order valence-electron chi connectivity index (χ3n) is 4.77. The summed E-state index contributed by atoms with van der Waals surface area (Å²) in [5.41, 5.74) is 2.71. The fourth-order valence-electron chi connectivity index (χ4n) is 3.18. The molecular weight excluding hydrogens is 444 g/mol. The van der Waals surface area contributed by atoms with Crippen molar-refractivity contribution in [3.8, 4) is 17.0 Å². The topological polar surface area (TPSA) is 115 Å². The first-order valence-corrected chi connectivity index (χ1v) is 10.7. The fraction of sp³-hybridized carbons (Fsp3) is 0.0870. The van der Waals surface area contributed by atoms with E-state index in [9.17, 15) is 19.7 Å². The number of ether oxygens (including phenoxy) is 1. The second-order valence-electron chi connectivity index (χ2n) is 6.97. The lowest BCUT2D eigenvalue weighted by atomic mass is 10.1. The van der Waals surface area contributed by atoms with Gasteiger partial charge in [0.1, 0.15) is 5.75 Å². The molecule has 0 bridgehead atoms. The van der Waals surface area contributed by atoms with Crippen LogP contribution >= 0.6 is 11.3 Å². The minimum Gasteiger partial charge on any atom is -0.482 e. The van der Waals surface area contributed by atoms with Crippen molar-refractivity contribution in [1.29, 1.82) is 0 Å². The Morgan fingerprint density at radius 1 is 1.30 bits per heavy atom. The number of nitro groups is 1. The van der Waals surface area contributed by atoms with Gasteiger partial charge < -0.3 is 9.64 Å². The van der Waals surface area contributed by atoms with E-state index in [1.807, 2.05) is 12.1 Å². The second kappa shape index (κ2) is 9.45. The molecule has 4 rings (SSSR count). The van der Waals surface area contributed by atoms with Gasteiger partial charge in [-0.2, -0.15) is 0 Å². The molecule has 1 aliphatic rings. The van der Waals surface area contributed by atoms with E-state index < -0.39 is 4.92 Å². The Labute approximate surface area is 192 Å². The summed E-state index contributed by atoms with van der Waals surface area (Å²) >= 11 is 1.27. The summed E-state index contributed by atoms with van der Waals surface area (Å²) in [7, 11) is 0. The second-order valence-corrected chi connectivity index (χ2v) is 7.83. The third-order valence-corrected chi connectivity index (χ3v) is 5.53. The van der Waals surface area contributed by atoms with E-state index >= 15 is 0 Å². The number of fused-ring (bicyclic) bond motifs is 1. The van der Waals surface area contributed by atoms with E-state index in [0.29, 0.717) is 34.4 Å². The molecule has 0 atom stereocenters. The van der Waals surface area contributed by atoms with Crippen LogP contribution in [-0.2, 0) is 9.59 Å². The van der Waals surface area contributed by atoms with E-state index in [2.05, 4.69) is 16.9 Å². The summed E-state index contributed by atoms with van der Waals surface area (Å²) in [6, 6.07) is 11.3. The highest BCUT2D eigenvalue weighted by Gasteiger charge is 2.25. The number of amides is 2. The summed E-state index contributed by atoms with van der Waals surface area (Å²) < 4.78 is 5.50. The zero-order chi connectivity index (χ0) is 23.4. The van der Waals surface area contributed by atoms with Crippen LogP contribution in [0.5, 0.6) is 5.75 Å². The van der Waals surface area contributed by atoms with Crippen LogP contribution in [0.2, 0.25) is 0 Å². The van der Waals surface area contributed by atoms with E-state index in [-0.39, 0.29) is 24.1 Å². The Hall–Kier alpha value is -4.31. The van der Waals surface area contributed by atoms with Gasteiger partial charge in [-0.3, -0.25) is 25.0 Å². The van der Waals surface area contributed by atoms with Gasteiger partial charge in [0.2, 0.25) is 5.91 Å². The predicted octanol–water partition coefficient (Wildman–Crippen LogP) is 4.28. The van der Waals surface area contributed by atoms with Crippen molar-refractivity contribution in [1.82, 2.24) is 4.98 Å². The van der Waals surface area contributed by atoms with Crippen LogP contribution in [0.25, 0.3) is 17.3 Å². The zero-order valence-corrected chi connectivity index (χ0v) is 18.1. The normalized spacial score (nSPS) is 12.8. The smallest absolute Gasteiger partial charge is 0.269 e. The molecule has 1 aliphatic heterocycles. The summed E-state index contributed by atoms with van der Waals surface area (Å²) in [5.74, 6) is 0.0850. The number of hydrogen-bond acceptors (Lipinski definition) is 7. The first kappa shape index (κ1) is 21.9. The highest BCUT2D eigenvalue weighted by molar-refractivity contribution is 7.14. The molecule has 2 heterocycles. The molecule has 2 amide bonds. The largest absolute Gasteiger partial charge is 0.482 e. The van der Waals surface area contributed by atoms with Crippen LogP contribution in [0, 0.1) is 10.1 Å². The lowest BCUT2D eigenvalue weighted by Crippen LogP contribution is -2.38. The molecule has 9 nitrogen and oxygen atoms in total. The zero-order valence-electron chi connectivity index (χ0n) is 17.3. The molecule has 0 saturated heterocycles. The number of thiazole rings is 1. The number of nitro benzene ring substituents is 1. The first-order valence-electron chi connectivity index (χ1n) is 9.82. The van der Waals surface area contributed by atoms with Crippen LogP contribution < -0.4 is 15.0 Å². The van der Waals surface area contributed by atoms with E-state index in [0.717, 1.165) is 5.56 Å². The molecule has 0 fully saturated rings. The summed E-state index contributed by atoms with van der Waals surface area (Å²) in [6.07, 6.45) is 4.54. The van der Waals surface area contributed by atoms with Gasteiger partial charge in [0.05, 0.1) is 16.3 Å². The fourth-order valence-corrected chi connectivity index (χ4v) is 3.90. The van der Waals surface area contributed by atoms with Gasteiger partial charge >= 0.3 is 0 Å². The number of hydrogen-bond donors (Lipinski definition) is 1. The van der Waals surface area contributed by atoms with Crippen molar-refractivity contribution in [2.75, 3.05) is 23.4 Å². The van der Waals surface area contributed by atoms with Crippen LogP contribution in [-0.4, -0.2) is 34.9 Å².